The van der Waals surface area contributed by atoms with Gasteiger partial charge in [0.15, 0.2) is 0 Å². The highest BCUT2D eigenvalue weighted by atomic mass is 19.4. The van der Waals surface area contributed by atoms with Crippen LogP contribution < -0.4 is 0 Å². The third-order valence-electron chi connectivity index (χ3n) is 2.01. The molecule has 0 aliphatic heterocycles. The van der Waals surface area contributed by atoms with Crippen LogP contribution in [-0.2, 0) is 4.79 Å². The molecule has 0 spiro atoms. The Morgan fingerprint density at radius 3 is 2.00 bits per heavy atom. The van der Waals surface area contributed by atoms with Crippen molar-refractivity contribution in [3.8, 4) is 0 Å². The number of hydrogen-bond donors (Lipinski definition) is 1. The van der Waals surface area contributed by atoms with E-state index in [-0.39, 0.29) is 12.8 Å². The molecule has 5 heteroatoms. The molecule has 0 aromatic carbocycles. The first-order chi connectivity index (χ1) is 4.93. The predicted molar refractivity (Wildman–Crippen MR) is 29.9 cm³/mol. The number of halogens is 3. The Balaban J connectivity index is 2.57. The Bertz CT molecular complexity index is 175. The van der Waals surface area contributed by atoms with Crippen molar-refractivity contribution in [3.05, 3.63) is 0 Å². The standard InChI is InChI=1S/C6H7F3O2/c7-6(8,9)4-2-1-3(4)5(10)11/h3-4H,1-2H2,(H,10,11)/t3-,4-/m0/s1. The Kier molecular flexibility index (Phi) is 1.82. The second kappa shape index (κ2) is 2.39. The minimum atomic E-state index is -4.33. The van der Waals surface area contributed by atoms with Crippen molar-refractivity contribution in [1.82, 2.24) is 0 Å². The van der Waals surface area contributed by atoms with Crippen LogP contribution in [0.3, 0.4) is 0 Å². The molecule has 0 unspecified atom stereocenters. The van der Waals surface area contributed by atoms with E-state index in [0.29, 0.717) is 0 Å². The summed E-state index contributed by atoms with van der Waals surface area (Å²) in [6.07, 6.45) is -4.22. The molecule has 0 radical (unpaired) electrons. The largest absolute Gasteiger partial charge is 0.481 e. The van der Waals surface area contributed by atoms with E-state index >= 15 is 0 Å². The zero-order valence-electron chi connectivity index (χ0n) is 5.56. The molecular weight excluding hydrogens is 161 g/mol. The minimum Gasteiger partial charge on any atom is -0.481 e. The summed E-state index contributed by atoms with van der Waals surface area (Å²) >= 11 is 0. The predicted octanol–water partition coefficient (Wildman–Crippen LogP) is 1.66. The van der Waals surface area contributed by atoms with Crippen LogP contribution in [0.25, 0.3) is 0 Å². The Morgan fingerprint density at radius 2 is 1.91 bits per heavy atom. The van der Waals surface area contributed by atoms with Crippen LogP contribution >= 0.6 is 0 Å². The van der Waals surface area contributed by atoms with Crippen LogP contribution in [0.1, 0.15) is 12.8 Å². The molecule has 2 atom stereocenters. The highest BCUT2D eigenvalue weighted by molar-refractivity contribution is 5.71. The fourth-order valence-corrected chi connectivity index (χ4v) is 1.19. The summed E-state index contributed by atoms with van der Waals surface area (Å²) in [4.78, 5) is 10.1. The van der Waals surface area contributed by atoms with Gasteiger partial charge in [-0.25, -0.2) is 0 Å². The molecule has 0 heterocycles. The first-order valence-corrected chi connectivity index (χ1v) is 3.22. The average Bonchev–Trinajstić information content (AvgIpc) is 1.51. The van der Waals surface area contributed by atoms with E-state index in [1.54, 1.807) is 0 Å². The van der Waals surface area contributed by atoms with Crippen LogP contribution in [0.15, 0.2) is 0 Å². The molecular formula is C6H7F3O2. The van der Waals surface area contributed by atoms with Crippen LogP contribution in [0.2, 0.25) is 0 Å². The summed E-state index contributed by atoms with van der Waals surface area (Å²) in [5, 5.41) is 8.27. The molecule has 64 valence electrons. The molecule has 2 nitrogen and oxygen atoms in total. The highest BCUT2D eigenvalue weighted by Crippen LogP contribution is 2.45. The fraction of sp³-hybridized carbons (Fsp3) is 0.833. The second-order valence-electron chi connectivity index (χ2n) is 2.67. The molecule has 1 aliphatic rings. The zero-order valence-corrected chi connectivity index (χ0v) is 5.56. The molecule has 0 aromatic rings. The Labute approximate surface area is 61.0 Å². The first-order valence-electron chi connectivity index (χ1n) is 3.22. The SMILES string of the molecule is O=C(O)[C@H]1CC[C@@H]1C(F)(F)F. The van der Waals surface area contributed by atoms with Gasteiger partial charge in [0.25, 0.3) is 0 Å². The van der Waals surface area contributed by atoms with Crippen molar-refractivity contribution in [3.63, 3.8) is 0 Å². The summed E-state index contributed by atoms with van der Waals surface area (Å²) in [5.74, 6) is -4.14. The third-order valence-corrected chi connectivity index (χ3v) is 2.01. The van der Waals surface area contributed by atoms with E-state index in [9.17, 15) is 18.0 Å². The zero-order chi connectivity index (χ0) is 8.65. The lowest BCUT2D eigenvalue weighted by molar-refractivity contribution is -0.218. The molecule has 1 rings (SSSR count). The van der Waals surface area contributed by atoms with Gasteiger partial charge < -0.3 is 5.11 Å². The van der Waals surface area contributed by atoms with Crippen molar-refractivity contribution in [2.75, 3.05) is 0 Å². The fourth-order valence-electron chi connectivity index (χ4n) is 1.19. The second-order valence-corrected chi connectivity index (χ2v) is 2.67. The molecule has 0 amide bonds. The number of alkyl halides is 3. The first kappa shape index (κ1) is 8.36. The van der Waals surface area contributed by atoms with Gasteiger partial charge in [-0.2, -0.15) is 13.2 Å². The molecule has 0 bridgehead atoms. The highest BCUT2D eigenvalue weighted by Gasteiger charge is 2.52. The number of carboxylic acids is 1. The van der Waals surface area contributed by atoms with Crippen molar-refractivity contribution in [2.45, 2.75) is 19.0 Å². The van der Waals surface area contributed by atoms with Crippen LogP contribution in [0.4, 0.5) is 13.2 Å². The van der Waals surface area contributed by atoms with Gasteiger partial charge in [0.2, 0.25) is 0 Å². The summed E-state index contributed by atoms with van der Waals surface area (Å²) in [6.45, 7) is 0. The van der Waals surface area contributed by atoms with Gasteiger partial charge >= 0.3 is 12.1 Å². The van der Waals surface area contributed by atoms with Gasteiger partial charge in [-0.3, -0.25) is 4.79 Å². The Morgan fingerprint density at radius 1 is 1.36 bits per heavy atom. The van der Waals surface area contributed by atoms with E-state index in [0.717, 1.165) is 0 Å². The molecule has 1 fully saturated rings. The van der Waals surface area contributed by atoms with Crippen LogP contribution in [-0.4, -0.2) is 17.3 Å². The molecule has 11 heavy (non-hydrogen) atoms. The minimum absolute atomic E-state index is 0.0412. The van der Waals surface area contributed by atoms with Crippen molar-refractivity contribution < 1.29 is 23.1 Å². The summed E-state index contributed by atoms with van der Waals surface area (Å²) in [7, 11) is 0. The third kappa shape index (κ3) is 1.46. The molecule has 1 saturated carbocycles. The van der Waals surface area contributed by atoms with E-state index < -0.39 is 24.0 Å². The maximum atomic E-state index is 11.8. The van der Waals surface area contributed by atoms with Crippen molar-refractivity contribution >= 4 is 5.97 Å². The van der Waals surface area contributed by atoms with Gasteiger partial charge in [-0.15, -0.1) is 0 Å². The molecule has 0 saturated heterocycles. The number of rotatable bonds is 1. The van der Waals surface area contributed by atoms with Gasteiger partial charge in [0, 0.05) is 0 Å². The summed E-state index contributed by atoms with van der Waals surface area (Å²) < 4.78 is 35.5. The van der Waals surface area contributed by atoms with Gasteiger partial charge in [-0.05, 0) is 12.8 Å². The van der Waals surface area contributed by atoms with Gasteiger partial charge in [0.1, 0.15) is 0 Å². The van der Waals surface area contributed by atoms with E-state index in [4.69, 9.17) is 5.11 Å². The van der Waals surface area contributed by atoms with Crippen LogP contribution in [0, 0.1) is 11.8 Å². The number of carbonyl (C=O) groups is 1. The van der Waals surface area contributed by atoms with Gasteiger partial charge in [0.05, 0.1) is 11.8 Å². The monoisotopic (exact) mass is 168 g/mol. The maximum Gasteiger partial charge on any atom is 0.392 e. The normalized spacial score (nSPS) is 31.2. The quantitative estimate of drug-likeness (QED) is 0.646. The molecule has 1 aliphatic carbocycles. The summed E-state index contributed by atoms with van der Waals surface area (Å²) in [6, 6.07) is 0. The lowest BCUT2D eigenvalue weighted by Crippen LogP contribution is -2.42. The topological polar surface area (TPSA) is 37.3 Å². The van der Waals surface area contributed by atoms with Gasteiger partial charge in [-0.1, -0.05) is 0 Å². The maximum absolute atomic E-state index is 11.8. The van der Waals surface area contributed by atoms with E-state index in [1.807, 2.05) is 0 Å². The molecule has 1 N–H and O–H groups in total. The lowest BCUT2D eigenvalue weighted by atomic mass is 9.73. The number of hydrogen-bond acceptors (Lipinski definition) is 1. The Hall–Kier alpha value is -0.740. The van der Waals surface area contributed by atoms with E-state index in [1.165, 1.54) is 0 Å². The average molecular weight is 168 g/mol. The van der Waals surface area contributed by atoms with Crippen molar-refractivity contribution in [2.24, 2.45) is 11.8 Å². The lowest BCUT2D eigenvalue weighted by Gasteiger charge is -2.34. The number of carboxylic acid groups (broad SMARTS) is 1. The summed E-state index contributed by atoms with van der Waals surface area (Å²) in [5.41, 5.74) is 0. The van der Waals surface area contributed by atoms with Crippen molar-refractivity contribution in [1.29, 1.82) is 0 Å². The smallest absolute Gasteiger partial charge is 0.392 e. The van der Waals surface area contributed by atoms with Crippen LogP contribution in [0.5, 0.6) is 0 Å². The van der Waals surface area contributed by atoms with E-state index in [2.05, 4.69) is 0 Å². The molecule has 0 aromatic heterocycles. The number of aliphatic carboxylic acids is 1.